The first kappa shape index (κ1) is 14.2. The monoisotopic (exact) mass is 314 g/mol. The van der Waals surface area contributed by atoms with Crippen molar-refractivity contribution in [1.29, 1.82) is 0 Å². The van der Waals surface area contributed by atoms with E-state index in [-0.39, 0.29) is 21.6 Å². The van der Waals surface area contributed by atoms with Crippen LogP contribution in [0.2, 0.25) is 5.15 Å². The fourth-order valence-corrected chi connectivity index (χ4v) is 2.25. The van der Waals surface area contributed by atoms with Gasteiger partial charge in [-0.2, -0.15) is 8.42 Å². The van der Waals surface area contributed by atoms with E-state index >= 15 is 0 Å². The molecule has 0 aromatic carbocycles. The van der Waals surface area contributed by atoms with Gasteiger partial charge in [0.15, 0.2) is 16.0 Å². The lowest BCUT2D eigenvalue weighted by Gasteiger charge is -2.05. The quantitative estimate of drug-likeness (QED) is 0.863. The largest absolute Gasteiger partial charge is 0.478 e. The molecule has 0 saturated carbocycles. The molecule has 0 aliphatic carbocycles. The summed E-state index contributed by atoms with van der Waals surface area (Å²) in [6.45, 7) is 0. The number of nitrogens with one attached hydrogen (secondary N) is 1. The van der Waals surface area contributed by atoms with Crippen molar-refractivity contribution in [3.63, 3.8) is 0 Å². The lowest BCUT2D eigenvalue weighted by atomic mass is 10.3. The number of aromatic nitrogens is 3. The van der Waals surface area contributed by atoms with E-state index in [2.05, 4.69) is 19.9 Å². The number of anilines is 1. The Morgan fingerprint density at radius 2 is 1.95 bits per heavy atom. The van der Waals surface area contributed by atoms with Gasteiger partial charge in [0.05, 0.1) is 5.56 Å². The molecule has 2 N–H and O–H groups in total. The number of pyridine rings is 1. The SMILES string of the molecule is O=C(O)c1ccc(S(=O)(=O)Nc2ccc(Cl)nn2)nc1. The molecule has 2 rings (SSSR count). The van der Waals surface area contributed by atoms with Crippen LogP contribution < -0.4 is 4.72 Å². The van der Waals surface area contributed by atoms with Crippen molar-refractivity contribution in [2.75, 3.05) is 4.72 Å². The van der Waals surface area contributed by atoms with Gasteiger partial charge in [0.1, 0.15) is 0 Å². The lowest BCUT2D eigenvalue weighted by Crippen LogP contribution is -2.16. The first-order valence-corrected chi connectivity index (χ1v) is 6.96. The first-order chi connectivity index (χ1) is 9.38. The number of carboxylic acids is 1. The van der Waals surface area contributed by atoms with Crippen LogP contribution in [0.25, 0.3) is 0 Å². The maximum atomic E-state index is 11.9. The highest BCUT2D eigenvalue weighted by Crippen LogP contribution is 2.13. The van der Waals surface area contributed by atoms with Gasteiger partial charge in [-0.05, 0) is 24.3 Å². The van der Waals surface area contributed by atoms with E-state index < -0.39 is 16.0 Å². The molecule has 104 valence electrons. The Hall–Kier alpha value is -2.26. The second kappa shape index (κ2) is 5.39. The summed E-state index contributed by atoms with van der Waals surface area (Å²) in [6, 6.07) is 4.92. The molecule has 8 nitrogen and oxygen atoms in total. The van der Waals surface area contributed by atoms with Gasteiger partial charge in [-0.25, -0.2) is 9.78 Å². The number of aromatic carboxylic acids is 1. The smallest absolute Gasteiger partial charge is 0.337 e. The predicted octanol–water partition coefficient (Wildman–Crippen LogP) is 1.02. The molecule has 0 amide bonds. The maximum absolute atomic E-state index is 11.9. The minimum atomic E-state index is -3.97. The number of hydrogen-bond acceptors (Lipinski definition) is 6. The molecule has 2 aromatic heterocycles. The van der Waals surface area contributed by atoms with E-state index in [1.54, 1.807) is 0 Å². The van der Waals surface area contributed by atoms with E-state index in [1.165, 1.54) is 12.1 Å². The van der Waals surface area contributed by atoms with Crippen molar-refractivity contribution in [3.8, 4) is 0 Å². The number of nitrogens with zero attached hydrogens (tertiary/aromatic N) is 3. The molecule has 0 aliphatic rings. The molecule has 0 radical (unpaired) electrons. The second-order valence-electron chi connectivity index (χ2n) is 3.54. The molecule has 2 heterocycles. The molecule has 0 bridgehead atoms. The zero-order valence-corrected chi connectivity index (χ0v) is 11.3. The zero-order chi connectivity index (χ0) is 14.8. The van der Waals surface area contributed by atoms with Gasteiger partial charge < -0.3 is 5.11 Å². The maximum Gasteiger partial charge on any atom is 0.337 e. The highest BCUT2D eigenvalue weighted by molar-refractivity contribution is 7.92. The van der Waals surface area contributed by atoms with Gasteiger partial charge in [-0.15, -0.1) is 10.2 Å². The lowest BCUT2D eigenvalue weighted by molar-refractivity contribution is 0.0696. The van der Waals surface area contributed by atoms with Gasteiger partial charge in [0.25, 0.3) is 10.0 Å². The Morgan fingerprint density at radius 3 is 2.45 bits per heavy atom. The topological polar surface area (TPSA) is 122 Å². The number of halogens is 1. The summed E-state index contributed by atoms with van der Waals surface area (Å²) in [4.78, 5) is 14.2. The van der Waals surface area contributed by atoms with Crippen LogP contribution in [0.4, 0.5) is 5.82 Å². The average Bonchev–Trinajstić information content (AvgIpc) is 2.41. The molecule has 0 atom stereocenters. The molecule has 0 saturated heterocycles. The van der Waals surface area contributed by atoms with E-state index in [1.807, 2.05) is 0 Å². The summed E-state index contributed by atoms with van der Waals surface area (Å²) in [7, 11) is -3.97. The summed E-state index contributed by atoms with van der Waals surface area (Å²) < 4.78 is 26.0. The van der Waals surface area contributed by atoms with Crippen LogP contribution in [0.5, 0.6) is 0 Å². The van der Waals surface area contributed by atoms with Crippen molar-refractivity contribution >= 4 is 33.4 Å². The highest BCUT2D eigenvalue weighted by Gasteiger charge is 2.17. The number of carbonyl (C=O) groups is 1. The van der Waals surface area contributed by atoms with Gasteiger partial charge in [0.2, 0.25) is 0 Å². The van der Waals surface area contributed by atoms with Crippen LogP contribution in [0, 0.1) is 0 Å². The average molecular weight is 315 g/mol. The van der Waals surface area contributed by atoms with E-state index in [9.17, 15) is 13.2 Å². The van der Waals surface area contributed by atoms with Crippen LogP contribution in [0.3, 0.4) is 0 Å². The highest BCUT2D eigenvalue weighted by atomic mass is 35.5. The molecule has 10 heteroatoms. The second-order valence-corrected chi connectivity index (χ2v) is 5.55. The van der Waals surface area contributed by atoms with Crippen molar-refractivity contribution in [1.82, 2.24) is 15.2 Å². The molecule has 0 unspecified atom stereocenters. The number of carboxylic acid groups (broad SMARTS) is 1. The summed E-state index contributed by atoms with van der Waals surface area (Å²) in [5.41, 5.74) is -0.116. The molecule has 0 spiro atoms. The van der Waals surface area contributed by atoms with Gasteiger partial charge >= 0.3 is 5.97 Å². The van der Waals surface area contributed by atoms with E-state index in [0.29, 0.717) is 0 Å². The van der Waals surface area contributed by atoms with Crippen molar-refractivity contribution < 1.29 is 18.3 Å². The van der Waals surface area contributed by atoms with Crippen molar-refractivity contribution in [3.05, 3.63) is 41.2 Å². The molecule has 0 aliphatic heterocycles. The van der Waals surface area contributed by atoms with Gasteiger partial charge in [-0.3, -0.25) is 4.72 Å². The third kappa shape index (κ3) is 3.19. The standard InChI is InChI=1S/C10H7ClN4O4S/c11-7-2-3-8(14-13-7)15-20(18,19)9-4-1-6(5-12-9)10(16)17/h1-5H,(H,14,15)(H,16,17). The summed E-state index contributed by atoms with van der Waals surface area (Å²) in [5, 5.41) is 15.5. The number of sulfonamides is 1. The van der Waals surface area contributed by atoms with E-state index in [4.69, 9.17) is 16.7 Å². The summed E-state index contributed by atoms with van der Waals surface area (Å²) >= 11 is 5.53. The predicted molar refractivity (Wildman–Crippen MR) is 69.0 cm³/mol. The molecular formula is C10H7ClN4O4S. The Balaban J connectivity index is 2.26. The summed E-state index contributed by atoms with van der Waals surface area (Å²) in [6.07, 6.45) is 0.949. The Labute approximate surface area is 118 Å². The Kier molecular flexibility index (Phi) is 3.81. The van der Waals surface area contributed by atoms with Crippen LogP contribution >= 0.6 is 11.6 Å². The Morgan fingerprint density at radius 1 is 1.20 bits per heavy atom. The third-order valence-electron chi connectivity index (χ3n) is 2.13. The summed E-state index contributed by atoms with van der Waals surface area (Å²) in [5.74, 6) is -1.23. The zero-order valence-electron chi connectivity index (χ0n) is 9.69. The van der Waals surface area contributed by atoms with Crippen LogP contribution in [0.15, 0.2) is 35.5 Å². The molecular weight excluding hydrogens is 308 g/mol. The Bertz CT molecular complexity index is 731. The fourth-order valence-electron chi connectivity index (χ4n) is 1.23. The minimum Gasteiger partial charge on any atom is -0.478 e. The van der Waals surface area contributed by atoms with Gasteiger partial charge in [0, 0.05) is 6.20 Å². The first-order valence-electron chi connectivity index (χ1n) is 5.10. The fraction of sp³-hybridized carbons (Fsp3) is 0. The number of hydrogen-bond donors (Lipinski definition) is 2. The molecule has 20 heavy (non-hydrogen) atoms. The third-order valence-corrected chi connectivity index (χ3v) is 3.60. The normalized spacial score (nSPS) is 11.1. The van der Waals surface area contributed by atoms with E-state index in [0.717, 1.165) is 18.3 Å². The van der Waals surface area contributed by atoms with Gasteiger partial charge in [-0.1, -0.05) is 11.6 Å². The molecule has 2 aromatic rings. The van der Waals surface area contributed by atoms with Crippen molar-refractivity contribution in [2.45, 2.75) is 5.03 Å². The minimum absolute atomic E-state index is 0.0292. The number of rotatable bonds is 4. The van der Waals surface area contributed by atoms with Crippen LogP contribution in [-0.4, -0.2) is 34.7 Å². The van der Waals surface area contributed by atoms with Crippen molar-refractivity contribution in [2.24, 2.45) is 0 Å². The molecule has 0 fully saturated rings. The van der Waals surface area contributed by atoms with Crippen LogP contribution in [0.1, 0.15) is 10.4 Å². The van der Waals surface area contributed by atoms with Crippen LogP contribution in [-0.2, 0) is 10.0 Å².